The van der Waals surface area contributed by atoms with E-state index in [1.165, 1.54) is 0 Å². The maximum atomic E-state index is 5.99. The highest BCUT2D eigenvalue weighted by atomic mass is 28.4. The Morgan fingerprint density at radius 2 is 0.900 bits per heavy atom. The third kappa shape index (κ3) is 7.12. The van der Waals surface area contributed by atoms with Gasteiger partial charge in [-0.25, -0.2) is 0 Å². The summed E-state index contributed by atoms with van der Waals surface area (Å²) in [5.41, 5.74) is 0. The molecule has 20 heavy (non-hydrogen) atoms. The standard InChI is InChI=1S/C13H30O6Si/c1-13(2,3)20(17-10-7-14-4,18-11-8-15-5)19-12-9-16-6/h7-12H2,1-6H3. The largest absolute Gasteiger partial charge is 0.506 e. The molecule has 0 radical (unpaired) electrons. The van der Waals surface area contributed by atoms with Gasteiger partial charge >= 0.3 is 8.80 Å². The molecule has 0 aromatic carbocycles. The van der Waals surface area contributed by atoms with Crippen molar-refractivity contribution in [2.75, 3.05) is 61.0 Å². The monoisotopic (exact) mass is 310 g/mol. The van der Waals surface area contributed by atoms with Crippen LogP contribution < -0.4 is 0 Å². The molecule has 0 aliphatic carbocycles. The summed E-state index contributed by atoms with van der Waals surface area (Å²) in [5.74, 6) is 0. The Labute approximate surface area is 124 Å². The van der Waals surface area contributed by atoms with E-state index in [-0.39, 0.29) is 5.04 Å². The van der Waals surface area contributed by atoms with Crippen molar-refractivity contribution in [3.05, 3.63) is 0 Å². The van der Waals surface area contributed by atoms with Crippen LogP contribution in [0.3, 0.4) is 0 Å². The summed E-state index contributed by atoms with van der Waals surface area (Å²) >= 11 is 0. The smallest absolute Gasteiger partial charge is 0.382 e. The number of rotatable bonds is 12. The quantitative estimate of drug-likeness (QED) is 0.404. The average molecular weight is 310 g/mol. The lowest BCUT2D eigenvalue weighted by Gasteiger charge is -2.39. The van der Waals surface area contributed by atoms with Crippen LogP contribution in [0, 0.1) is 0 Å². The number of methoxy groups -OCH3 is 3. The molecule has 0 heterocycles. The van der Waals surface area contributed by atoms with Gasteiger partial charge in [0.05, 0.1) is 39.6 Å². The summed E-state index contributed by atoms with van der Waals surface area (Å²) in [4.78, 5) is 0. The predicted octanol–water partition coefficient (Wildman–Crippen LogP) is 1.71. The lowest BCUT2D eigenvalue weighted by molar-refractivity contribution is 0.00119. The molecule has 6 nitrogen and oxygen atoms in total. The maximum absolute atomic E-state index is 5.99. The molecule has 0 amide bonds. The molecule has 0 fully saturated rings. The highest BCUT2D eigenvalue weighted by molar-refractivity contribution is 6.64. The Bertz CT molecular complexity index is 205. The first kappa shape index (κ1) is 20.0. The van der Waals surface area contributed by atoms with E-state index >= 15 is 0 Å². The van der Waals surface area contributed by atoms with Crippen LogP contribution in [0.4, 0.5) is 0 Å². The van der Waals surface area contributed by atoms with Crippen molar-refractivity contribution in [2.24, 2.45) is 0 Å². The van der Waals surface area contributed by atoms with Crippen molar-refractivity contribution in [1.82, 2.24) is 0 Å². The van der Waals surface area contributed by atoms with Gasteiger partial charge in [0.2, 0.25) is 0 Å². The molecule has 0 aromatic rings. The first-order valence-electron chi connectivity index (χ1n) is 6.82. The van der Waals surface area contributed by atoms with Crippen LogP contribution in [0.1, 0.15) is 20.8 Å². The van der Waals surface area contributed by atoms with Crippen molar-refractivity contribution in [3.63, 3.8) is 0 Å². The molecule has 7 heteroatoms. The highest BCUT2D eigenvalue weighted by Gasteiger charge is 2.53. The van der Waals surface area contributed by atoms with Crippen molar-refractivity contribution >= 4 is 8.80 Å². The Morgan fingerprint density at radius 1 is 0.600 bits per heavy atom. The third-order valence-corrected chi connectivity index (χ3v) is 6.25. The molecule has 0 saturated heterocycles. The molecule has 0 atom stereocenters. The lowest BCUT2D eigenvalue weighted by atomic mass is 10.3. The van der Waals surface area contributed by atoms with Gasteiger partial charge in [-0.2, -0.15) is 0 Å². The third-order valence-electron chi connectivity index (χ3n) is 2.66. The van der Waals surface area contributed by atoms with Gasteiger partial charge in [-0.1, -0.05) is 20.8 Å². The first-order chi connectivity index (χ1) is 9.43. The van der Waals surface area contributed by atoms with Crippen LogP contribution in [-0.4, -0.2) is 69.8 Å². The Morgan fingerprint density at radius 3 is 1.10 bits per heavy atom. The minimum Gasteiger partial charge on any atom is -0.382 e. The number of ether oxygens (including phenoxy) is 3. The first-order valence-corrected chi connectivity index (χ1v) is 8.54. The molecule has 0 aliphatic rings. The topological polar surface area (TPSA) is 55.4 Å². The van der Waals surface area contributed by atoms with Crippen LogP contribution >= 0.6 is 0 Å². The molecule has 0 aromatic heterocycles. The van der Waals surface area contributed by atoms with E-state index in [0.717, 1.165) is 0 Å². The molecule has 0 rings (SSSR count). The van der Waals surface area contributed by atoms with Crippen LogP contribution in [0.2, 0.25) is 5.04 Å². The van der Waals surface area contributed by atoms with Crippen LogP contribution in [0.15, 0.2) is 0 Å². The highest BCUT2D eigenvalue weighted by Crippen LogP contribution is 2.38. The van der Waals surface area contributed by atoms with Crippen molar-refractivity contribution in [2.45, 2.75) is 25.8 Å². The van der Waals surface area contributed by atoms with Gasteiger partial charge in [0.1, 0.15) is 0 Å². The fourth-order valence-corrected chi connectivity index (χ4v) is 4.16. The zero-order valence-electron chi connectivity index (χ0n) is 13.7. The SMILES string of the molecule is COCCO[Si](OCCOC)(OCCOC)C(C)(C)C. The summed E-state index contributed by atoms with van der Waals surface area (Å²) in [6.07, 6.45) is 0. The fraction of sp³-hybridized carbons (Fsp3) is 1.00. The number of hydrogen-bond acceptors (Lipinski definition) is 6. The molecule has 0 unspecified atom stereocenters. The Balaban J connectivity index is 4.77. The Kier molecular flexibility index (Phi) is 10.7. The van der Waals surface area contributed by atoms with Crippen molar-refractivity contribution < 1.29 is 27.5 Å². The maximum Gasteiger partial charge on any atom is 0.506 e. The summed E-state index contributed by atoms with van der Waals surface area (Å²) in [6, 6.07) is 0. The van der Waals surface area contributed by atoms with Gasteiger partial charge in [0, 0.05) is 26.4 Å². The van der Waals surface area contributed by atoms with E-state index in [1.807, 2.05) is 0 Å². The summed E-state index contributed by atoms with van der Waals surface area (Å²) < 4.78 is 33.1. The average Bonchev–Trinajstić information content (AvgIpc) is 2.37. The molecular formula is C13H30O6Si. The molecule has 0 saturated carbocycles. The zero-order chi connectivity index (χ0) is 15.5. The van der Waals surface area contributed by atoms with E-state index < -0.39 is 8.80 Å². The second kappa shape index (κ2) is 10.7. The number of hydrogen-bond donors (Lipinski definition) is 0. The molecule has 0 aliphatic heterocycles. The fourth-order valence-electron chi connectivity index (χ4n) is 1.55. The second-order valence-corrected chi connectivity index (χ2v) is 8.81. The van der Waals surface area contributed by atoms with Crippen LogP contribution in [-0.2, 0) is 27.5 Å². The molecule has 122 valence electrons. The molecule has 0 N–H and O–H groups in total. The van der Waals surface area contributed by atoms with Crippen molar-refractivity contribution in [1.29, 1.82) is 0 Å². The molecular weight excluding hydrogens is 280 g/mol. The van der Waals surface area contributed by atoms with Crippen LogP contribution in [0.5, 0.6) is 0 Å². The van der Waals surface area contributed by atoms with E-state index in [4.69, 9.17) is 27.5 Å². The second-order valence-electron chi connectivity index (χ2n) is 5.33. The summed E-state index contributed by atoms with van der Waals surface area (Å²) in [5, 5.41) is -0.234. The van der Waals surface area contributed by atoms with Gasteiger partial charge in [-0.15, -0.1) is 0 Å². The Hall–Kier alpha value is -0.0231. The zero-order valence-corrected chi connectivity index (χ0v) is 14.7. The van der Waals surface area contributed by atoms with Gasteiger partial charge in [0.25, 0.3) is 0 Å². The van der Waals surface area contributed by atoms with E-state index in [2.05, 4.69) is 20.8 Å². The predicted molar refractivity (Wildman–Crippen MR) is 79.0 cm³/mol. The lowest BCUT2D eigenvalue weighted by Crippen LogP contribution is -2.55. The normalized spacial score (nSPS) is 12.9. The minimum atomic E-state index is -2.85. The van der Waals surface area contributed by atoms with E-state index in [0.29, 0.717) is 39.6 Å². The van der Waals surface area contributed by atoms with E-state index in [1.54, 1.807) is 21.3 Å². The summed E-state index contributed by atoms with van der Waals surface area (Å²) in [6.45, 7) is 9.03. The molecule has 0 spiro atoms. The van der Waals surface area contributed by atoms with Gasteiger partial charge < -0.3 is 27.5 Å². The molecule has 0 bridgehead atoms. The van der Waals surface area contributed by atoms with Gasteiger partial charge in [0.15, 0.2) is 0 Å². The van der Waals surface area contributed by atoms with Crippen molar-refractivity contribution in [3.8, 4) is 0 Å². The van der Waals surface area contributed by atoms with Crippen LogP contribution in [0.25, 0.3) is 0 Å². The van der Waals surface area contributed by atoms with Gasteiger partial charge in [-0.05, 0) is 0 Å². The summed E-state index contributed by atoms with van der Waals surface area (Å²) in [7, 11) is 2.07. The van der Waals surface area contributed by atoms with Gasteiger partial charge in [-0.3, -0.25) is 0 Å². The minimum absolute atomic E-state index is 0.234. The van der Waals surface area contributed by atoms with E-state index in [9.17, 15) is 0 Å².